The zero-order valence-corrected chi connectivity index (χ0v) is 19.2. The molecular formula is C25H30N2O5. The number of hydrogen-bond acceptors (Lipinski definition) is 6. The monoisotopic (exact) mass is 438 g/mol. The molecule has 3 rings (SSSR count). The van der Waals surface area contributed by atoms with Crippen LogP contribution in [0.15, 0.2) is 48.0 Å². The molecule has 2 aromatic carbocycles. The van der Waals surface area contributed by atoms with Gasteiger partial charge >= 0.3 is 0 Å². The summed E-state index contributed by atoms with van der Waals surface area (Å²) in [4.78, 5) is 29.7. The topological polar surface area (TPSA) is 79.3 Å². The predicted octanol–water partition coefficient (Wildman–Crippen LogP) is 3.39. The van der Waals surface area contributed by atoms with Crippen molar-refractivity contribution >= 4 is 17.4 Å². The standard InChI is InChI=1S/C25H30N2O5/c1-16-15-17(11-12-19(16)31-4)23(28)21-22(18-9-6-7-10-20(18)32-5)27(25(30)24(21)29)14-8-13-26(2)3/h6-7,9-12,15,22,28H,8,13-14H2,1-5H3/t22-/m0/s1. The van der Waals surface area contributed by atoms with Crippen LogP contribution >= 0.6 is 0 Å². The molecule has 0 saturated carbocycles. The minimum atomic E-state index is -0.740. The van der Waals surface area contributed by atoms with Gasteiger partial charge in [-0.3, -0.25) is 9.59 Å². The van der Waals surface area contributed by atoms with Gasteiger partial charge in [0.2, 0.25) is 0 Å². The van der Waals surface area contributed by atoms with Crippen molar-refractivity contribution < 1.29 is 24.2 Å². The summed E-state index contributed by atoms with van der Waals surface area (Å²) in [7, 11) is 7.03. The van der Waals surface area contributed by atoms with Crippen molar-refractivity contribution in [1.29, 1.82) is 0 Å². The fourth-order valence-corrected chi connectivity index (χ4v) is 4.06. The molecule has 1 amide bonds. The molecule has 32 heavy (non-hydrogen) atoms. The summed E-state index contributed by atoms with van der Waals surface area (Å²) in [6.45, 7) is 3.00. The first-order valence-corrected chi connectivity index (χ1v) is 10.5. The largest absolute Gasteiger partial charge is 0.507 e. The van der Waals surface area contributed by atoms with E-state index in [0.717, 1.165) is 12.1 Å². The van der Waals surface area contributed by atoms with E-state index in [0.29, 0.717) is 35.6 Å². The Balaban J connectivity index is 2.15. The molecule has 1 atom stereocenters. The fourth-order valence-electron chi connectivity index (χ4n) is 4.06. The van der Waals surface area contributed by atoms with Crippen LogP contribution in [-0.4, -0.2) is 68.0 Å². The highest BCUT2D eigenvalue weighted by Crippen LogP contribution is 2.42. The summed E-state index contributed by atoms with van der Waals surface area (Å²) in [5.74, 6) is -0.302. The number of aliphatic hydroxyl groups excluding tert-OH is 1. The lowest BCUT2D eigenvalue weighted by Gasteiger charge is -2.27. The average Bonchev–Trinajstić information content (AvgIpc) is 3.03. The van der Waals surface area contributed by atoms with E-state index in [1.54, 1.807) is 38.5 Å². The van der Waals surface area contributed by atoms with Crippen molar-refractivity contribution in [2.75, 3.05) is 41.4 Å². The van der Waals surface area contributed by atoms with E-state index in [1.165, 1.54) is 4.90 Å². The van der Waals surface area contributed by atoms with Gasteiger partial charge in [0.05, 0.1) is 25.8 Å². The lowest BCUT2D eigenvalue weighted by Crippen LogP contribution is -2.32. The number of hydrogen-bond donors (Lipinski definition) is 1. The van der Waals surface area contributed by atoms with Crippen LogP contribution in [0.4, 0.5) is 0 Å². The van der Waals surface area contributed by atoms with Crippen LogP contribution in [0.5, 0.6) is 11.5 Å². The minimum Gasteiger partial charge on any atom is -0.507 e. The van der Waals surface area contributed by atoms with E-state index >= 15 is 0 Å². The Morgan fingerprint density at radius 3 is 2.38 bits per heavy atom. The SMILES string of the molecule is COc1ccc(C(O)=C2C(=O)C(=O)N(CCCN(C)C)[C@H]2c2ccccc2OC)cc1C. The van der Waals surface area contributed by atoms with Gasteiger partial charge in [-0.05, 0) is 63.8 Å². The highest BCUT2D eigenvalue weighted by atomic mass is 16.5. The van der Waals surface area contributed by atoms with E-state index in [1.807, 2.05) is 44.1 Å². The molecular weight excluding hydrogens is 408 g/mol. The van der Waals surface area contributed by atoms with Crippen LogP contribution in [0.25, 0.3) is 5.76 Å². The van der Waals surface area contributed by atoms with Gasteiger partial charge in [0.25, 0.3) is 11.7 Å². The number of benzene rings is 2. The Labute approximate surface area is 188 Å². The lowest BCUT2D eigenvalue weighted by atomic mass is 9.94. The second-order valence-corrected chi connectivity index (χ2v) is 8.08. The number of methoxy groups -OCH3 is 2. The van der Waals surface area contributed by atoms with Gasteiger partial charge in [0.1, 0.15) is 17.3 Å². The third-order valence-electron chi connectivity index (χ3n) is 5.65. The number of ether oxygens (including phenoxy) is 2. The summed E-state index contributed by atoms with van der Waals surface area (Å²) < 4.78 is 10.8. The molecule has 0 unspecified atom stereocenters. The molecule has 7 nitrogen and oxygen atoms in total. The van der Waals surface area contributed by atoms with Crippen molar-refractivity contribution in [2.45, 2.75) is 19.4 Å². The Morgan fingerprint density at radius 2 is 1.75 bits per heavy atom. The third kappa shape index (κ3) is 4.48. The number of para-hydroxylation sites is 1. The van der Waals surface area contributed by atoms with Crippen molar-refractivity contribution in [3.05, 3.63) is 64.7 Å². The molecule has 0 spiro atoms. The lowest BCUT2D eigenvalue weighted by molar-refractivity contribution is -0.140. The summed E-state index contributed by atoms with van der Waals surface area (Å²) in [6, 6.07) is 11.7. The maximum atomic E-state index is 13.1. The van der Waals surface area contributed by atoms with E-state index in [4.69, 9.17) is 9.47 Å². The number of amides is 1. The first-order chi connectivity index (χ1) is 15.3. The minimum absolute atomic E-state index is 0.0638. The fraction of sp³-hybridized carbons (Fsp3) is 0.360. The Morgan fingerprint density at radius 1 is 1.06 bits per heavy atom. The Bertz CT molecular complexity index is 1040. The normalized spacial score (nSPS) is 17.8. The Kier molecular flexibility index (Phi) is 7.20. The second kappa shape index (κ2) is 9.87. The van der Waals surface area contributed by atoms with E-state index in [-0.39, 0.29) is 11.3 Å². The number of nitrogens with zero attached hydrogens (tertiary/aromatic N) is 2. The number of aryl methyl sites for hydroxylation is 1. The van der Waals surface area contributed by atoms with Crippen LogP contribution < -0.4 is 9.47 Å². The highest BCUT2D eigenvalue weighted by Gasteiger charge is 2.46. The van der Waals surface area contributed by atoms with E-state index < -0.39 is 17.7 Å². The number of carbonyl (C=O) groups is 2. The molecule has 170 valence electrons. The number of likely N-dealkylation sites (tertiary alicyclic amines) is 1. The van der Waals surface area contributed by atoms with Crippen molar-refractivity contribution in [2.24, 2.45) is 0 Å². The highest BCUT2D eigenvalue weighted by molar-refractivity contribution is 6.46. The average molecular weight is 439 g/mol. The maximum Gasteiger partial charge on any atom is 0.295 e. The van der Waals surface area contributed by atoms with Crippen LogP contribution in [0, 0.1) is 6.92 Å². The molecule has 1 saturated heterocycles. The summed E-state index contributed by atoms with van der Waals surface area (Å²) in [5, 5.41) is 11.2. The second-order valence-electron chi connectivity index (χ2n) is 8.08. The number of carbonyl (C=O) groups excluding carboxylic acids is 2. The first-order valence-electron chi connectivity index (χ1n) is 10.5. The van der Waals surface area contributed by atoms with Gasteiger partial charge in [-0.2, -0.15) is 0 Å². The summed E-state index contributed by atoms with van der Waals surface area (Å²) >= 11 is 0. The first kappa shape index (κ1) is 23.3. The molecule has 0 radical (unpaired) electrons. The third-order valence-corrected chi connectivity index (χ3v) is 5.65. The van der Waals surface area contributed by atoms with Crippen LogP contribution in [0.2, 0.25) is 0 Å². The number of Topliss-reactive ketones (excluding diaryl/α,β-unsaturated/α-hetero) is 1. The molecule has 1 aliphatic heterocycles. The Hall–Kier alpha value is -3.32. The van der Waals surface area contributed by atoms with E-state index in [2.05, 4.69) is 0 Å². The van der Waals surface area contributed by atoms with Crippen LogP contribution in [0.1, 0.15) is 29.2 Å². The van der Waals surface area contributed by atoms with Crippen LogP contribution in [-0.2, 0) is 9.59 Å². The number of ketones is 1. The van der Waals surface area contributed by atoms with Crippen molar-refractivity contribution in [1.82, 2.24) is 9.80 Å². The number of rotatable bonds is 8. The van der Waals surface area contributed by atoms with Gasteiger partial charge in [-0.25, -0.2) is 0 Å². The van der Waals surface area contributed by atoms with Crippen LogP contribution in [0.3, 0.4) is 0 Å². The predicted molar refractivity (Wildman–Crippen MR) is 123 cm³/mol. The molecule has 1 N–H and O–H groups in total. The molecule has 0 bridgehead atoms. The molecule has 1 heterocycles. The van der Waals surface area contributed by atoms with Gasteiger partial charge in [0.15, 0.2) is 0 Å². The quantitative estimate of drug-likeness (QED) is 0.387. The van der Waals surface area contributed by atoms with Crippen molar-refractivity contribution in [3.8, 4) is 11.5 Å². The van der Waals surface area contributed by atoms with Gasteiger partial charge < -0.3 is 24.4 Å². The molecule has 1 fully saturated rings. The summed E-state index contributed by atoms with van der Waals surface area (Å²) in [6.07, 6.45) is 0.688. The molecule has 2 aromatic rings. The molecule has 0 aliphatic carbocycles. The van der Waals surface area contributed by atoms with E-state index in [9.17, 15) is 14.7 Å². The smallest absolute Gasteiger partial charge is 0.295 e. The zero-order chi connectivity index (χ0) is 23.4. The number of aliphatic hydroxyl groups is 1. The molecule has 7 heteroatoms. The van der Waals surface area contributed by atoms with Gasteiger partial charge in [-0.15, -0.1) is 0 Å². The van der Waals surface area contributed by atoms with Gasteiger partial charge in [0, 0.05) is 17.7 Å². The zero-order valence-electron chi connectivity index (χ0n) is 19.2. The maximum absolute atomic E-state index is 13.1. The molecule has 0 aromatic heterocycles. The summed E-state index contributed by atoms with van der Waals surface area (Å²) in [5.41, 5.74) is 1.99. The molecule has 1 aliphatic rings. The van der Waals surface area contributed by atoms with Gasteiger partial charge in [-0.1, -0.05) is 18.2 Å². The van der Waals surface area contributed by atoms with Crippen molar-refractivity contribution in [3.63, 3.8) is 0 Å².